The summed E-state index contributed by atoms with van der Waals surface area (Å²) in [5.74, 6) is 1.40. The summed E-state index contributed by atoms with van der Waals surface area (Å²) in [6.45, 7) is 4.80. The number of thiophene rings is 1. The molecule has 2 aromatic carbocycles. The first-order chi connectivity index (χ1) is 14.7. The molecule has 0 aliphatic heterocycles. The monoisotopic (exact) mass is 417 g/mol. The van der Waals surface area contributed by atoms with Crippen LogP contribution in [0.3, 0.4) is 0 Å². The molecule has 4 heteroatoms. The third-order valence-electron chi connectivity index (χ3n) is 5.31. The lowest BCUT2D eigenvalue weighted by molar-refractivity contribution is 0.0952. The van der Waals surface area contributed by atoms with Crippen LogP contribution < -0.4 is 0 Å². The number of rotatable bonds is 9. The van der Waals surface area contributed by atoms with Crippen LogP contribution in [0.1, 0.15) is 41.6 Å². The van der Waals surface area contributed by atoms with Gasteiger partial charge in [-0.1, -0.05) is 67.6 Å². The Morgan fingerprint density at radius 3 is 2.10 bits per heavy atom. The molecule has 4 aromatic rings. The van der Waals surface area contributed by atoms with Gasteiger partial charge < -0.3 is 9.52 Å². The van der Waals surface area contributed by atoms with E-state index in [1.807, 2.05) is 72.8 Å². The van der Waals surface area contributed by atoms with Crippen molar-refractivity contribution in [1.82, 2.24) is 4.90 Å². The van der Waals surface area contributed by atoms with Gasteiger partial charge in [0.05, 0.1) is 6.54 Å². The van der Waals surface area contributed by atoms with E-state index >= 15 is 0 Å². The maximum absolute atomic E-state index is 11.9. The van der Waals surface area contributed by atoms with Gasteiger partial charge in [-0.3, -0.25) is 4.90 Å². The molecule has 0 amide bonds. The van der Waals surface area contributed by atoms with E-state index in [2.05, 4.69) is 28.7 Å². The summed E-state index contributed by atoms with van der Waals surface area (Å²) >= 11 is 1.73. The second-order valence-electron chi connectivity index (χ2n) is 7.55. The van der Waals surface area contributed by atoms with Gasteiger partial charge in [0.15, 0.2) is 5.60 Å². The summed E-state index contributed by atoms with van der Waals surface area (Å²) in [6, 6.07) is 25.5. The fraction of sp³-hybridized carbons (Fsp3) is 0.231. The zero-order valence-corrected chi connectivity index (χ0v) is 18.0. The second kappa shape index (κ2) is 9.43. The van der Waals surface area contributed by atoms with Crippen molar-refractivity contribution < 1.29 is 9.52 Å². The predicted octanol–water partition coefficient (Wildman–Crippen LogP) is 6.04. The molecule has 0 aliphatic carbocycles. The third-order valence-corrected chi connectivity index (χ3v) is 6.04. The minimum Gasteiger partial charge on any atom is -0.461 e. The molecule has 2 heterocycles. The quantitative estimate of drug-likeness (QED) is 0.361. The summed E-state index contributed by atoms with van der Waals surface area (Å²) in [7, 11) is 0. The molecule has 0 unspecified atom stereocenters. The van der Waals surface area contributed by atoms with E-state index in [1.54, 1.807) is 11.3 Å². The number of furan rings is 1. The van der Waals surface area contributed by atoms with Gasteiger partial charge in [0.25, 0.3) is 0 Å². The van der Waals surface area contributed by atoms with Crippen molar-refractivity contribution in [2.45, 2.75) is 32.0 Å². The Hall–Kier alpha value is -2.66. The Morgan fingerprint density at radius 2 is 1.53 bits per heavy atom. The lowest BCUT2D eigenvalue weighted by Gasteiger charge is -2.27. The molecule has 154 valence electrons. The molecular weight excluding hydrogens is 390 g/mol. The van der Waals surface area contributed by atoms with Crippen LogP contribution in [0.25, 0.3) is 0 Å². The van der Waals surface area contributed by atoms with Crippen LogP contribution in [0.5, 0.6) is 0 Å². The highest BCUT2D eigenvalue weighted by molar-refractivity contribution is 7.07. The van der Waals surface area contributed by atoms with E-state index in [0.717, 1.165) is 36.4 Å². The molecule has 0 spiro atoms. The van der Waals surface area contributed by atoms with Gasteiger partial charge in [-0.05, 0) is 58.6 Å². The van der Waals surface area contributed by atoms with Gasteiger partial charge in [-0.15, -0.1) is 0 Å². The highest BCUT2D eigenvalue weighted by Crippen LogP contribution is 2.37. The van der Waals surface area contributed by atoms with Crippen LogP contribution >= 0.6 is 11.3 Å². The van der Waals surface area contributed by atoms with Crippen molar-refractivity contribution in [3.8, 4) is 0 Å². The largest absolute Gasteiger partial charge is 0.461 e. The maximum Gasteiger partial charge on any atom is 0.173 e. The van der Waals surface area contributed by atoms with Crippen molar-refractivity contribution in [3.05, 3.63) is 118 Å². The molecule has 0 atom stereocenters. The second-order valence-corrected chi connectivity index (χ2v) is 8.33. The number of aliphatic hydroxyl groups is 1. The molecule has 4 rings (SSSR count). The number of nitrogens with zero attached hydrogens (tertiary/aromatic N) is 1. The molecule has 2 aromatic heterocycles. The topological polar surface area (TPSA) is 36.6 Å². The molecule has 0 saturated heterocycles. The maximum atomic E-state index is 11.9. The number of benzene rings is 2. The predicted molar refractivity (Wildman–Crippen MR) is 122 cm³/mol. The van der Waals surface area contributed by atoms with Gasteiger partial charge >= 0.3 is 0 Å². The van der Waals surface area contributed by atoms with E-state index < -0.39 is 5.60 Å². The van der Waals surface area contributed by atoms with Crippen LogP contribution in [0, 0.1) is 0 Å². The summed E-state index contributed by atoms with van der Waals surface area (Å²) in [6.07, 6.45) is 1.08. The van der Waals surface area contributed by atoms with Crippen LogP contribution in [0.15, 0.2) is 94.0 Å². The van der Waals surface area contributed by atoms with Crippen LogP contribution in [0.2, 0.25) is 0 Å². The first-order valence-corrected chi connectivity index (χ1v) is 11.3. The Morgan fingerprint density at radius 1 is 0.867 bits per heavy atom. The van der Waals surface area contributed by atoms with Crippen LogP contribution in [-0.4, -0.2) is 16.6 Å². The Labute approximate surface area is 182 Å². The minimum atomic E-state index is -1.33. The van der Waals surface area contributed by atoms with Gasteiger partial charge in [0, 0.05) is 6.54 Å². The fourth-order valence-electron chi connectivity index (χ4n) is 3.86. The fourth-order valence-corrected chi connectivity index (χ4v) is 4.52. The van der Waals surface area contributed by atoms with Crippen molar-refractivity contribution in [2.75, 3.05) is 6.54 Å². The SMILES string of the molecule is CCCN(Cc1ccsc1)Cc1ccc(C(O)(c2ccccc2)c2ccccc2)o1. The zero-order chi connectivity index (χ0) is 20.8. The van der Waals surface area contributed by atoms with Crippen molar-refractivity contribution >= 4 is 11.3 Å². The lowest BCUT2D eigenvalue weighted by atomic mass is 9.84. The van der Waals surface area contributed by atoms with E-state index in [-0.39, 0.29) is 0 Å². The van der Waals surface area contributed by atoms with E-state index in [4.69, 9.17) is 4.42 Å². The first kappa shape index (κ1) is 20.6. The highest BCUT2D eigenvalue weighted by atomic mass is 32.1. The molecular formula is C26H27NO2S. The summed E-state index contributed by atoms with van der Waals surface area (Å²) in [4.78, 5) is 2.38. The Kier molecular flexibility index (Phi) is 6.48. The average Bonchev–Trinajstić information content (AvgIpc) is 3.47. The van der Waals surface area contributed by atoms with E-state index in [1.165, 1.54) is 5.56 Å². The summed E-state index contributed by atoms with van der Waals surface area (Å²) in [5.41, 5.74) is 1.58. The minimum absolute atomic E-state index is 0.543. The Bertz CT molecular complexity index is 986. The van der Waals surface area contributed by atoms with Crippen molar-refractivity contribution in [3.63, 3.8) is 0 Å². The van der Waals surface area contributed by atoms with Crippen molar-refractivity contribution in [2.24, 2.45) is 0 Å². The average molecular weight is 418 g/mol. The Balaban J connectivity index is 1.64. The lowest BCUT2D eigenvalue weighted by Crippen LogP contribution is -2.28. The normalized spacial score (nSPS) is 11.8. The smallest absolute Gasteiger partial charge is 0.173 e. The molecule has 1 N–H and O–H groups in total. The molecule has 0 radical (unpaired) electrons. The molecule has 0 bridgehead atoms. The summed E-state index contributed by atoms with van der Waals surface area (Å²) in [5, 5.41) is 16.2. The highest BCUT2D eigenvalue weighted by Gasteiger charge is 2.37. The van der Waals surface area contributed by atoms with Gasteiger partial charge in [-0.25, -0.2) is 0 Å². The van der Waals surface area contributed by atoms with Crippen LogP contribution in [0.4, 0.5) is 0 Å². The third kappa shape index (κ3) is 4.41. The standard InChI is InChI=1S/C26H27NO2S/c1-2-16-27(18-21-15-17-30-20-21)19-24-13-14-25(29-24)26(28,22-9-5-3-6-10-22)23-11-7-4-8-12-23/h3-15,17,20,28H,2,16,18-19H2,1H3. The molecule has 0 fully saturated rings. The molecule has 0 saturated carbocycles. The molecule has 30 heavy (non-hydrogen) atoms. The number of hydrogen-bond donors (Lipinski definition) is 1. The van der Waals surface area contributed by atoms with Gasteiger partial charge in [-0.2, -0.15) is 11.3 Å². The number of hydrogen-bond acceptors (Lipinski definition) is 4. The summed E-state index contributed by atoms with van der Waals surface area (Å²) < 4.78 is 6.26. The van der Waals surface area contributed by atoms with Crippen LogP contribution in [-0.2, 0) is 18.7 Å². The zero-order valence-electron chi connectivity index (χ0n) is 17.2. The van der Waals surface area contributed by atoms with E-state index in [9.17, 15) is 5.11 Å². The van der Waals surface area contributed by atoms with Crippen molar-refractivity contribution in [1.29, 1.82) is 0 Å². The van der Waals surface area contributed by atoms with E-state index in [0.29, 0.717) is 12.3 Å². The molecule has 0 aliphatic rings. The first-order valence-electron chi connectivity index (χ1n) is 10.4. The van der Waals surface area contributed by atoms with Gasteiger partial charge in [0.2, 0.25) is 0 Å². The molecule has 3 nitrogen and oxygen atoms in total. The van der Waals surface area contributed by atoms with Gasteiger partial charge in [0.1, 0.15) is 11.5 Å².